The zero-order valence-electron chi connectivity index (χ0n) is 16.4. The highest BCUT2D eigenvalue weighted by Gasteiger charge is 2.33. The van der Waals surface area contributed by atoms with Crippen molar-refractivity contribution in [3.63, 3.8) is 0 Å². The number of hydrogen-bond donors (Lipinski definition) is 1. The molecule has 1 aromatic heterocycles. The predicted octanol–water partition coefficient (Wildman–Crippen LogP) is 4.37. The van der Waals surface area contributed by atoms with Gasteiger partial charge >= 0.3 is 6.09 Å². The molecule has 6 nitrogen and oxygen atoms in total. The minimum atomic E-state index is -0.657. The van der Waals surface area contributed by atoms with Crippen LogP contribution in [0.15, 0.2) is 36.5 Å². The third kappa shape index (κ3) is 4.58. The van der Waals surface area contributed by atoms with E-state index in [0.29, 0.717) is 42.9 Å². The van der Waals surface area contributed by atoms with Crippen LogP contribution in [-0.4, -0.2) is 41.1 Å². The number of carbonyl (C=O) groups is 2. The van der Waals surface area contributed by atoms with Crippen LogP contribution in [0.1, 0.15) is 32.1 Å². The van der Waals surface area contributed by atoms with Crippen LogP contribution in [-0.2, 0) is 9.53 Å². The summed E-state index contributed by atoms with van der Waals surface area (Å²) in [7, 11) is 0. The molecule has 2 aliphatic rings. The van der Waals surface area contributed by atoms with Crippen molar-refractivity contribution in [2.24, 2.45) is 5.92 Å². The number of ether oxygens (including phenoxy) is 1. The topological polar surface area (TPSA) is 71.5 Å². The Morgan fingerprint density at radius 1 is 1.07 bits per heavy atom. The molecule has 0 bridgehead atoms. The van der Waals surface area contributed by atoms with Gasteiger partial charge in [0.05, 0.1) is 6.61 Å². The van der Waals surface area contributed by atoms with E-state index >= 15 is 0 Å². The molecule has 1 aliphatic carbocycles. The second-order valence-corrected chi connectivity index (χ2v) is 7.75. The molecule has 0 atom stereocenters. The minimum absolute atomic E-state index is 0.105. The molecule has 1 saturated carbocycles. The van der Waals surface area contributed by atoms with Gasteiger partial charge in [-0.25, -0.2) is 18.6 Å². The summed E-state index contributed by atoms with van der Waals surface area (Å²) >= 11 is 0. The van der Waals surface area contributed by atoms with Crippen molar-refractivity contribution < 1.29 is 23.1 Å². The van der Waals surface area contributed by atoms with Gasteiger partial charge < -0.3 is 15.0 Å². The van der Waals surface area contributed by atoms with Crippen LogP contribution in [0, 0.1) is 17.6 Å². The average Bonchev–Trinajstić information content (AvgIpc) is 2.74. The summed E-state index contributed by atoms with van der Waals surface area (Å²) < 4.78 is 31.9. The first-order valence-electron chi connectivity index (χ1n) is 10.2. The Bertz CT molecular complexity index is 907. The van der Waals surface area contributed by atoms with Crippen LogP contribution >= 0.6 is 0 Å². The number of hydrogen-bond acceptors (Lipinski definition) is 4. The van der Waals surface area contributed by atoms with Gasteiger partial charge in [-0.3, -0.25) is 4.79 Å². The molecule has 0 unspecified atom stereocenters. The maximum atomic E-state index is 13.4. The monoisotopic (exact) mass is 415 g/mol. The molecular weight excluding hydrogens is 392 g/mol. The maximum absolute atomic E-state index is 13.4. The molecular formula is C22H23F2N3O3. The van der Waals surface area contributed by atoms with E-state index in [1.54, 1.807) is 17.0 Å². The zero-order chi connectivity index (χ0) is 21.1. The first kappa shape index (κ1) is 20.3. The van der Waals surface area contributed by atoms with E-state index < -0.39 is 11.6 Å². The molecule has 8 heteroatoms. The van der Waals surface area contributed by atoms with Gasteiger partial charge in [0.25, 0.3) is 0 Å². The van der Waals surface area contributed by atoms with Crippen molar-refractivity contribution in [3.05, 3.63) is 48.2 Å². The van der Waals surface area contributed by atoms with E-state index in [-0.39, 0.29) is 24.0 Å². The Morgan fingerprint density at radius 3 is 2.43 bits per heavy atom. The fraction of sp³-hybridized carbons (Fsp3) is 0.409. The van der Waals surface area contributed by atoms with Gasteiger partial charge in [0, 0.05) is 36.3 Å². The smallest absolute Gasteiger partial charge is 0.410 e. The van der Waals surface area contributed by atoms with E-state index in [9.17, 15) is 18.4 Å². The van der Waals surface area contributed by atoms with Gasteiger partial charge in [-0.2, -0.15) is 0 Å². The van der Waals surface area contributed by atoms with Gasteiger partial charge in [0.1, 0.15) is 17.5 Å². The molecule has 4 rings (SSSR count). The third-order valence-corrected chi connectivity index (χ3v) is 5.72. The number of cyclic esters (lactones) is 1. The molecule has 2 amide bonds. The molecule has 2 heterocycles. The van der Waals surface area contributed by atoms with Crippen molar-refractivity contribution in [2.75, 3.05) is 18.5 Å². The highest BCUT2D eigenvalue weighted by atomic mass is 19.1. The summed E-state index contributed by atoms with van der Waals surface area (Å²) in [6.07, 6.45) is 4.99. The number of halogens is 2. The molecule has 30 heavy (non-hydrogen) atoms. The largest absolute Gasteiger partial charge is 0.449 e. The Balaban J connectivity index is 1.32. The molecule has 158 valence electrons. The normalized spacial score (nSPS) is 21.8. The van der Waals surface area contributed by atoms with Gasteiger partial charge in [0.2, 0.25) is 5.91 Å². The van der Waals surface area contributed by atoms with E-state index in [2.05, 4.69) is 10.3 Å². The Hall–Kier alpha value is -3.03. The lowest BCUT2D eigenvalue weighted by Crippen LogP contribution is -2.46. The van der Waals surface area contributed by atoms with Crippen LogP contribution in [0.3, 0.4) is 0 Å². The van der Waals surface area contributed by atoms with Gasteiger partial charge in [-0.1, -0.05) is 0 Å². The molecule has 1 N–H and O–H groups in total. The van der Waals surface area contributed by atoms with Crippen molar-refractivity contribution in [3.8, 4) is 11.1 Å². The summed E-state index contributed by atoms with van der Waals surface area (Å²) in [5.74, 6) is -1.17. The van der Waals surface area contributed by atoms with Crippen molar-refractivity contribution >= 4 is 17.8 Å². The Morgan fingerprint density at radius 2 is 1.80 bits per heavy atom. The lowest BCUT2D eigenvalue weighted by molar-refractivity contribution is -0.121. The van der Waals surface area contributed by atoms with Crippen LogP contribution in [0.4, 0.5) is 19.4 Å². The molecule has 2 fully saturated rings. The van der Waals surface area contributed by atoms with Gasteiger partial charge in [-0.15, -0.1) is 0 Å². The quantitative estimate of drug-likeness (QED) is 0.805. The number of nitrogens with one attached hydrogen (secondary N) is 1. The fourth-order valence-corrected chi connectivity index (χ4v) is 4.14. The molecule has 0 radical (unpaired) electrons. The number of anilines is 1. The van der Waals surface area contributed by atoms with Crippen LogP contribution in [0.2, 0.25) is 0 Å². The minimum Gasteiger partial charge on any atom is -0.449 e. The number of rotatable bonds is 4. The summed E-state index contributed by atoms with van der Waals surface area (Å²) in [6, 6.07) is 6.69. The fourth-order valence-electron chi connectivity index (χ4n) is 4.14. The van der Waals surface area contributed by atoms with E-state index in [0.717, 1.165) is 25.3 Å². The second kappa shape index (κ2) is 8.77. The highest BCUT2D eigenvalue weighted by Crippen LogP contribution is 2.30. The maximum Gasteiger partial charge on any atom is 0.410 e. The first-order valence-corrected chi connectivity index (χ1v) is 10.2. The number of aromatic nitrogens is 1. The number of nitrogens with zero attached hydrogens (tertiary/aromatic N) is 2. The number of carbonyl (C=O) groups excluding carboxylic acids is 2. The highest BCUT2D eigenvalue weighted by molar-refractivity contribution is 5.91. The van der Waals surface area contributed by atoms with Crippen LogP contribution in [0.25, 0.3) is 11.1 Å². The number of pyridine rings is 1. The molecule has 2 aromatic rings. The molecule has 0 spiro atoms. The van der Waals surface area contributed by atoms with Crippen LogP contribution < -0.4 is 5.32 Å². The molecule has 1 saturated heterocycles. The van der Waals surface area contributed by atoms with Crippen molar-refractivity contribution in [1.29, 1.82) is 0 Å². The van der Waals surface area contributed by atoms with Gasteiger partial charge in [-0.05, 0) is 61.9 Å². The summed E-state index contributed by atoms with van der Waals surface area (Å²) in [5.41, 5.74) is 0.938. The van der Waals surface area contributed by atoms with E-state index in [4.69, 9.17) is 4.74 Å². The lowest BCUT2D eigenvalue weighted by Gasteiger charge is -2.37. The average molecular weight is 415 g/mol. The molecule has 1 aromatic carbocycles. The summed E-state index contributed by atoms with van der Waals surface area (Å²) in [5, 5.41) is 2.81. The van der Waals surface area contributed by atoms with Crippen molar-refractivity contribution in [2.45, 2.75) is 38.1 Å². The van der Waals surface area contributed by atoms with E-state index in [1.165, 1.54) is 18.3 Å². The standard InChI is InChI=1S/C22H23F2N3O3/c23-17-10-16(11-18(24)12-17)15-4-7-20(25-13-15)26-21(28)14-2-5-19(6-3-14)27-8-1-9-30-22(27)29/h4,7,10-14,19H,1-3,5-6,8-9H2,(H,25,26,28). The van der Waals surface area contributed by atoms with Crippen LogP contribution in [0.5, 0.6) is 0 Å². The second-order valence-electron chi connectivity index (χ2n) is 7.75. The third-order valence-electron chi connectivity index (χ3n) is 5.72. The molecule has 1 aliphatic heterocycles. The van der Waals surface area contributed by atoms with E-state index in [1.807, 2.05) is 0 Å². The lowest BCUT2D eigenvalue weighted by atomic mass is 9.84. The summed E-state index contributed by atoms with van der Waals surface area (Å²) in [6.45, 7) is 1.19. The zero-order valence-corrected chi connectivity index (χ0v) is 16.4. The van der Waals surface area contributed by atoms with Gasteiger partial charge in [0.15, 0.2) is 0 Å². The SMILES string of the molecule is O=C(Nc1ccc(-c2cc(F)cc(F)c2)cn1)C1CCC(N2CCCOC2=O)CC1. The Labute approximate surface area is 173 Å². The Kier molecular flexibility index (Phi) is 5.92. The van der Waals surface area contributed by atoms with Crippen molar-refractivity contribution in [1.82, 2.24) is 9.88 Å². The number of amides is 2. The number of benzene rings is 1. The predicted molar refractivity (Wildman–Crippen MR) is 107 cm³/mol. The first-order chi connectivity index (χ1) is 14.5. The summed E-state index contributed by atoms with van der Waals surface area (Å²) in [4.78, 5) is 30.5.